The SMILES string of the molecule is NCCC(O)(c1ccc[nH]1)C1C2CC3CC(C2)CC1C3. The van der Waals surface area contributed by atoms with E-state index in [0.717, 1.165) is 17.5 Å². The number of H-pyrrole nitrogens is 1. The van der Waals surface area contributed by atoms with Crippen molar-refractivity contribution in [1.82, 2.24) is 4.98 Å². The van der Waals surface area contributed by atoms with Crippen molar-refractivity contribution in [3.05, 3.63) is 24.0 Å². The van der Waals surface area contributed by atoms with Gasteiger partial charge in [-0.15, -0.1) is 0 Å². The molecule has 1 aromatic rings. The van der Waals surface area contributed by atoms with Gasteiger partial charge in [0.25, 0.3) is 0 Å². The van der Waals surface area contributed by atoms with E-state index in [1.807, 2.05) is 18.3 Å². The van der Waals surface area contributed by atoms with Gasteiger partial charge in [0.2, 0.25) is 0 Å². The van der Waals surface area contributed by atoms with Crippen LogP contribution >= 0.6 is 0 Å². The van der Waals surface area contributed by atoms with Gasteiger partial charge in [0.1, 0.15) is 5.60 Å². The third-order valence-corrected chi connectivity index (χ3v) is 6.37. The third kappa shape index (κ3) is 1.79. The first kappa shape index (κ1) is 12.9. The summed E-state index contributed by atoms with van der Waals surface area (Å²) in [6.45, 7) is 0.554. The summed E-state index contributed by atoms with van der Waals surface area (Å²) in [4.78, 5) is 3.27. The maximum atomic E-state index is 11.5. The van der Waals surface area contributed by atoms with Crippen molar-refractivity contribution in [3.63, 3.8) is 0 Å². The predicted molar refractivity (Wildman–Crippen MR) is 78.9 cm³/mol. The Bertz CT molecular complexity index is 441. The molecule has 0 amide bonds. The maximum Gasteiger partial charge on any atom is 0.109 e. The van der Waals surface area contributed by atoms with E-state index in [0.29, 0.717) is 30.7 Å². The molecule has 0 aliphatic heterocycles. The van der Waals surface area contributed by atoms with E-state index in [-0.39, 0.29) is 0 Å². The minimum absolute atomic E-state index is 0.414. The first-order valence-corrected chi connectivity index (χ1v) is 8.27. The van der Waals surface area contributed by atoms with E-state index >= 15 is 0 Å². The van der Waals surface area contributed by atoms with Gasteiger partial charge < -0.3 is 15.8 Å². The number of nitrogens with two attached hydrogens (primary N) is 1. The maximum absolute atomic E-state index is 11.5. The van der Waals surface area contributed by atoms with Crippen molar-refractivity contribution in [3.8, 4) is 0 Å². The van der Waals surface area contributed by atoms with Crippen LogP contribution in [0.15, 0.2) is 18.3 Å². The molecule has 5 rings (SSSR count). The van der Waals surface area contributed by atoms with Crippen LogP contribution in [0.3, 0.4) is 0 Å². The summed E-state index contributed by atoms with van der Waals surface area (Å²) in [5.74, 6) is 3.73. The van der Waals surface area contributed by atoms with Crippen LogP contribution in [0.4, 0.5) is 0 Å². The Balaban J connectivity index is 1.70. The minimum atomic E-state index is -0.735. The number of nitrogens with one attached hydrogen (secondary N) is 1. The zero-order valence-corrected chi connectivity index (χ0v) is 12.1. The summed E-state index contributed by atoms with van der Waals surface area (Å²) in [6.07, 6.45) is 9.41. The smallest absolute Gasteiger partial charge is 0.109 e. The number of aromatic amines is 1. The lowest BCUT2D eigenvalue weighted by atomic mass is 9.48. The summed E-state index contributed by atoms with van der Waals surface area (Å²) in [5.41, 5.74) is 6.09. The van der Waals surface area contributed by atoms with Crippen molar-refractivity contribution < 1.29 is 5.11 Å². The summed E-state index contributed by atoms with van der Waals surface area (Å²) < 4.78 is 0. The van der Waals surface area contributed by atoms with Gasteiger partial charge in [-0.3, -0.25) is 0 Å². The average molecular weight is 274 g/mol. The van der Waals surface area contributed by atoms with E-state index in [9.17, 15) is 5.11 Å². The van der Waals surface area contributed by atoms with E-state index in [1.165, 1.54) is 32.1 Å². The summed E-state index contributed by atoms with van der Waals surface area (Å²) in [5, 5.41) is 11.5. The molecule has 1 unspecified atom stereocenters. The molecule has 0 radical (unpaired) electrons. The molecule has 0 saturated heterocycles. The van der Waals surface area contributed by atoms with Crippen LogP contribution < -0.4 is 5.73 Å². The highest BCUT2D eigenvalue weighted by molar-refractivity contribution is 5.18. The fraction of sp³-hybridized carbons (Fsp3) is 0.765. The lowest BCUT2D eigenvalue weighted by Gasteiger charge is -2.58. The Morgan fingerprint density at radius 3 is 2.30 bits per heavy atom. The second kappa shape index (κ2) is 4.60. The molecule has 4 bridgehead atoms. The van der Waals surface area contributed by atoms with Crippen LogP contribution in [0.25, 0.3) is 0 Å². The van der Waals surface area contributed by atoms with Gasteiger partial charge in [-0.05, 0) is 86.8 Å². The van der Waals surface area contributed by atoms with Gasteiger partial charge >= 0.3 is 0 Å². The monoisotopic (exact) mass is 274 g/mol. The van der Waals surface area contributed by atoms with Crippen LogP contribution in [0.2, 0.25) is 0 Å². The third-order valence-electron chi connectivity index (χ3n) is 6.37. The number of aliphatic hydroxyl groups is 1. The van der Waals surface area contributed by atoms with Gasteiger partial charge in [0, 0.05) is 11.9 Å². The van der Waals surface area contributed by atoms with Gasteiger partial charge in [0.15, 0.2) is 0 Å². The van der Waals surface area contributed by atoms with Crippen molar-refractivity contribution in [2.75, 3.05) is 6.54 Å². The normalized spacial score (nSPS) is 41.8. The molecule has 110 valence electrons. The Kier molecular flexibility index (Phi) is 2.97. The molecular formula is C17H26N2O. The fourth-order valence-electron chi connectivity index (χ4n) is 6.01. The number of hydrogen-bond donors (Lipinski definition) is 3. The average Bonchev–Trinajstić information content (AvgIpc) is 2.91. The molecule has 4 aliphatic rings. The van der Waals surface area contributed by atoms with Crippen LogP contribution in [0, 0.1) is 29.6 Å². The molecule has 0 aromatic carbocycles. The molecule has 1 aromatic heterocycles. The number of hydrogen-bond acceptors (Lipinski definition) is 2. The lowest BCUT2D eigenvalue weighted by Crippen LogP contribution is -2.54. The van der Waals surface area contributed by atoms with Gasteiger partial charge in [-0.25, -0.2) is 0 Å². The van der Waals surface area contributed by atoms with Crippen LogP contribution in [-0.2, 0) is 5.60 Å². The molecule has 3 nitrogen and oxygen atoms in total. The summed E-state index contributed by atoms with van der Waals surface area (Å²) in [6, 6.07) is 4.04. The summed E-state index contributed by atoms with van der Waals surface area (Å²) >= 11 is 0. The van der Waals surface area contributed by atoms with Gasteiger partial charge in [-0.1, -0.05) is 0 Å². The van der Waals surface area contributed by atoms with Crippen molar-refractivity contribution >= 4 is 0 Å². The molecule has 3 heteroatoms. The zero-order valence-electron chi connectivity index (χ0n) is 12.1. The van der Waals surface area contributed by atoms with Crippen LogP contribution in [-0.4, -0.2) is 16.6 Å². The van der Waals surface area contributed by atoms with E-state index < -0.39 is 5.60 Å². The van der Waals surface area contributed by atoms with Gasteiger partial charge in [0.05, 0.1) is 0 Å². The Labute approximate surface area is 121 Å². The van der Waals surface area contributed by atoms with Crippen molar-refractivity contribution in [1.29, 1.82) is 0 Å². The van der Waals surface area contributed by atoms with Crippen molar-refractivity contribution in [2.24, 2.45) is 35.3 Å². The second-order valence-electron chi connectivity index (χ2n) is 7.50. The quantitative estimate of drug-likeness (QED) is 0.790. The van der Waals surface area contributed by atoms with Gasteiger partial charge in [-0.2, -0.15) is 0 Å². The van der Waals surface area contributed by atoms with Crippen LogP contribution in [0.5, 0.6) is 0 Å². The molecule has 1 atom stereocenters. The van der Waals surface area contributed by atoms with Crippen molar-refractivity contribution in [2.45, 2.75) is 44.1 Å². The van der Waals surface area contributed by atoms with Crippen LogP contribution in [0.1, 0.15) is 44.2 Å². The first-order chi connectivity index (χ1) is 9.70. The Hall–Kier alpha value is -0.800. The number of aromatic nitrogens is 1. The molecule has 4 fully saturated rings. The zero-order chi connectivity index (χ0) is 13.7. The molecule has 4 saturated carbocycles. The standard InChI is InChI=1S/C17H26N2O/c18-4-3-17(20,15-2-1-5-19-15)16-13-7-11-6-12(9-13)10-14(16)8-11/h1-2,5,11-14,16,19-20H,3-4,6-10,18H2. The highest BCUT2D eigenvalue weighted by atomic mass is 16.3. The lowest BCUT2D eigenvalue weighted by molar-refractivity contribution is -0.152. The molecular weight excluding hydrogens is 248 g/mol. The van der Waals surface area contributed by atoms with E-state index in [4.69, 9.17) is 5.73 Å². The second-order valence-corrected chi connectivity index (χ2v) is 7.50. The molecule has 20 heavy (non-hydrogen) atoms. The fourth-order valence-corrected chi connectivity index (χ4v) is 6.01. The largest absolute Gasteiger partial charge is 0.383 e. The highest BCUT2D eigenvalue weighted by Crippen LogP contribution is 2.61. The molecule has 4 N–H and O–H groups in total. The molecule has 0 spiro atoms. The predicted octanol–water partition coefficient (Wildman–Crippen LogP) is 2.62. The summed E-state index contributed by atoms with van der Waals surface area (Å²) in [7, 11) is 0. The first-order valence-electron chi connectivity index (χ1n) is 8.27. The highest BCUT2D eigenvalue weighted by Gasteiger charge is 2.55. The molecule has 4 aliphatic carbocycles. The topological polar surface area (TPSA) is 62.0 Å². The molecule has 1 heterocycles. The number of rotatable bonds is 4. The Morgan fingerprint density at radius 2 is 1.80 bits per heavy atom. The minimum Gasteiger partial charge on any atom is -0.383 e. The Morgan fingerprint density at radius 1 is 1.15 bits per heavy atom. The van der Waals surface area contributed by atoms with E-state index in [1.54, 1.807) is 0 Å². The van der Waals surface area contributed by atoms with E-state index in [2.05, 4.69) is 4.98 Å².